The molecule has 2 bridgehead atoms. The third-order valence-corrected chi connectivity index (χ3v) is 10.9. The number of hydrogen-bond acceptors (Lipinski definition) is 6. The number of thioether (sulfide) groups is 1. The Balaban J connectivity index is 1.75. The molecule has 3 fully saturated rings. The van der Waals surface area contributed by atoms with Crippen LogP contribution in [0.25, 0.3) is 0 Å². The summed E-state index contributed by atoms with van der Waals surface area (Å²) in [5.41, 5.74) is 0.725. The van der Waals surface area contributed by atoms with Crippen LogP contribution in [-0.2, 0) is 14.4 Å². The van der Waals surface area contributed by atoms with E-state index >= 15 is 0 Å². The van der Waals surface area contributed by atoms with Crippen molar-refractivity contribution < 1.29 is 24.2 Å². The number of benzene rings is 1. The summed E-state index contributed by atoms with van der Waals surface area (Å²) in [4.78, 5) is 48.4. The predicted molar refractivity (Wildman–Crippen MR) is 164 cm³/mol. The Morgan fingerprint density at radius 3 is 2.44 bits per heavy atom. The van der Waals surface area contributed by atoms with Gasteiger partial charge in [0.2, 0.25) is 17.7 Å². The number of rotatable bonds is 14. The zero-order valence-electron chi connectivity index (χ0n) is 24.8. The molecule has 3 aliphatic heterocycles. The first-order valence-corrected chi connectivity index (χ1v) is 15.7. The lowest BCUT2D eigenvalue weighted by atomic mass is 9.65. The minimum Gasteiger partial charge on any atom is -0.494 e. The summed E-state index contributed by atoms with van der Waals surface area (Å²) in [5, 5.41) is 9.39. The quantitative estimate of drug-likeness (QED) is 0.262. The number of anilines is 1. The maximum Gasteiger partial charge on any atom is 0.247 e. The number of unbranched alkanes of at least 4 members (excludes halogenated alkanes) is 1. The van der Waals surface area contributed by atoms with Crippen LogP contribution >= 0.6 is 11.8 Å². The van der Waals surface area contributed by atoms with Crippen LogP contribution in [0.3, 0.4) is 0 Å². The minimum atomic E-state index is -0.689. The van der Waals surface area contributed by atoms with Gasteiger partial charge < -0.3 is 24.5 Å². The van der Waals surface area contributed by atoms with Crippen molar-refractivity contribution in [1.82, 2.24) is 9.80 Å². The summed E-state index contributed by atoms with van der Waals surface area (Å²) in [6, 6.07) is 6.70. The Morgan fingerprint density at radius 1 is 1.17 bits per heavy atom. The van der Waals surface area contributed by atoms with E-state index in [0.717, 1.165) is 17.9 Å². The van der Waals surface area contributed by atoms with Gasteiger partial charge in [0.1, 0.15) is 11.8 Å². The van der Waals surface area contributed by atoms with Gasteiger partial charge in [0, 0.05) is 43.2 Å². The van der Waals surface area contributed by atoms with Gasteiger partial charge >= 0.3 is 0 Å². The molecule has 0 saturated carbocycles. The Labute approximate surface area is 248 Å². The standard InChI is InChI=1S/C32H45N3O5S/c1-7-16-33(21(4)5)31(39)28-32-22(6)20-25(41-32)26(27(32)30(38)35(28)18-10-11-19-36)29(37)34(17-8-2)23-12-14-24(15-13-23)40-9-3/h7-8,12-15,21-22,25-28,36H,1-2,9-11,16-20H2,3-6H3/t22?,25-,26+,27-,28?,32?/m0/s1. The topological polar surface area (TPSA) is 90.4 Å². The molecule has 1 aromatic carbocycles. The lowest BCUT2D eigenvalue weighted by Gasteiger charge is -2.41. The van der Waals surface area contributed by atoms with Gasteiger partial charge in [-0.25, -0.2) is 0 Å². The van der Waals surface area contributed by atoms with Crippen LogP contribution < -0.4 is 9.64 Å². The lowest BCUT2D eigenvalue weighted by molar-refractivity contribution is -0.143. The van der Waals surface area contributed by atoms with Gasteiger partial charge in [-0.1, -0.05) is 19.1 Å². The van der Waals surface area contributed by atoms with Gasteiger partial charge in [-0.3, -0.25) is 14.4 Å². The second kappa shape index (κ2) is 13.0. The molecule has 41 heavy (non-hydrogen) atoms. The molecule has 0 radical (unpaired) electrons. The molecule has 4 rings (SSSR count). The molecule has 1 N–H and O–H groups in total. The van der Waals surface area contributed by atoms with Gasteiger partial charge in [0.25, 0.3) is 0 Å². The highest BCUT2D eigenvalue weighted by Crippen LogP contribution is 2.69. The van der Waals surface area contributed by atoms with Gasteiger partial charge in [-0.15, -0.1) is 24.9 Å². The number of aliphatic hydroxyl groups is 1. The second-order valence-electron chi connectivity index (χ2n) is 11.6. The molecule has 1 spiro atoms. The van der Waals surface area contributed by atoms with E-state index in [9.17, 15) is 19.5 Å². The molecule has 224 valence electrons. The number of carbonyl (C=O) groups excluding carboxylic acids is 3. The average Bonchev–Trinajstić information content (AvgIpc) is 3.54. The molecule has 3 unspecified atom stereocenters. The molecule has 3 aliphatic rings. The van der Waals surface area contributed by atoms with Crippen LogP contribution in [0.1, 0.15) is 47.0 Å². The SMILES string of the molecule is C=CCN(C(=O)[C@@H]1[C@@H]2CC(C)C3(S2)C(C(=O)N(CC=C)C(C)C)N(CCCCO)C(=O)[C@H]13)c1ccc(OCC)cc1. The van der Waals surface area contributed by atoms with E-state index in [1.165, 1.54) is 0 Å². The number of amides is 3. The van der Waals surface area contributed by atoms with Crippen LogP contribution in [0, 0.1) is 17.8 Å². The van der Waals surface area contributed by atoms with Crippen molar-refractivity contribution in [3.63, 3.8) is 0 Å². The third-order valence-electron chi connectivity index (χ3n) is 8.84. The fourth-order valence-electron chi connectivity index (χ4n) is 7.09. The maximum absolute atomic E-state index is 14.4. The molecule has 3 amide bonds. The van der Waals surface area contributed by atoms with E-state index in [2.05, 4.69) is 20.1 Å². The highest BCUT2D eigenvalue weighted by Gasteiger charge is 2.76. The molecule has 6 atom stereocenters. The minimum absolute atomic E-state index is 0.0245. The van der Waals surface area contributed by atoms with Crippen LogP contribution in [0.15, 0.2) is 49.6 Å². The zero-order valence-corrected chi connectivity index (χ0v) is 25.6. The van der Waals surface area contributed by atoms with Crippen LogP contribution in [0.4, 0.5) is 5.69 Å². The van der Waals surface area contributed by atoms with Gasteiger partial charge in [-0.2, -0.15) is 0 Å². The van der Waals surface area contributed by atoms with E-state index in [1.54, 1.807) is 38.6 Å². The number of aliphatic hydroxyl groups excluding tert-OH is 1. The van der Waals surface area contributed by atoms with E-state index in [4.69, 9.17) is 4.74 Å². The van der Waals surface area contributed by atoms with Gasteiger partial charge in [0.05, 0.1) is 23.2 Å². The molecule has 3 saturated heterocycles. The normalized spacial score (nSPS) is 28.1. The molecule has 3 heterocycles. The molecule has 0 aliphatic carbocycles. The number of likely N-dealkylation sites (tertiary alicyclic amines) is 1. The third kappa shape index (κ3) is 5.43. The lowest BCUT2D eigenvalue weighted by Crippen LogP contribution is -2.58. The fourth-order valence-corrected chi connectivity index (χ4v) is 9.50. The summed E-state index contributed by atoms with van der Waals surface area (Å²) >= 11 is 1.69. The largest absolute Gasteiger partial charge is 0.494 e. The van der Waals surface area contributed by atoms with Crippen molar-refractivity contribution in [3.8, 4) is 5.75 Å². The number of nitrogens with zero attached hydrogens (tertiary/aromatic N) is 3. The fraction of sp³-hybridized carbons (Fsp3) is 0.594. The number of fused-ring (bicyclic) bond motifs is 1. The second-order valence-corrected chi connectivity index (χ2v) is 13.1. The predicted octanol–water partition coefficient (Wildman–Crippen LogP) is 4.14. The average molecular weight is 584 g/mol. The summed E-state index contributed by atoms with van der Waals surface area (Å²) in [6.45, 7) is 17.4. The van der Waals surface area contributed by atoms with Crippen molar-refractivity contribution in [2.75, 3.05) is 37.7 Å². The van der Waals surface area contributed by atoms with E-state index in [1.807, 2.05) is 45.0 Å². The van der Waals surface area contributed by atoms with Crippen molar-refractivity contribution in [2.24, 2.45) is 17.8 Å². The van der Waals surface area contributed by atoms with E-state index in [-0.39, 0.29) is 41.5 Å². The first-order chi connectivity index (χ1) is 19.7. The summed E-state index contributed by atoms with van der Waals surface area (Å²) in [5.74, 6) is -0.622. The molecular formula is C32H45N3O5S. The first-order valence-electron chi connectivity index (χ1n) is 14.8. The number of carbonyl (C=O) groups is 3. The Hall–Kier alpha value is -2.78. The smallest absolute Gasteiger partial charge is 0.247 e. The maximum atomic E-state index is 14.4. The van der Waals surface area contributed by atoms with Crippen molar-refractivity contribution in [3.05, 3.63) is 49.6 Å². The number of ether oxygens (including phenoxy) is 1. The van der Waals surface area contributed by atoms with Crippen LogP contribution in [0.2, 0.25) is 0 Å². The molecule has 8 nitrogen and oxygen atoms in total. The highest BCUT2D eigenvalue weighted by molar-refractivity contribution is 8.02. The molecule has 1 aromatic rings. The first kappa shape index (κ1) is 31.2. The highest BCUT2D eigenvalue weighted by atomic mass is 32.2. The van der Waals surface area contributed by atoms with E-state index < -0.39 is 22.6 Å². The Kier molecular flexibility index (Phi) is 9.90. The summed E-state index contributed by atoms with van der Waals surface area (Å²) < 4.78 is 4.90. The Bertz CT molecular complexity index is 1140. The molecular weight excluding hydrogens is 538 g/mol. The summed E-state index contributed by atoms with van der Waals surface area (Å²) in [6.07, 6.45) is 5.33. The van der Waals surface area contributed by atoms with Crippen molar-refractivity contribution in [2.45, 2.75) is 69.0 Å². The van der Waals surface area contributed by atoms with Gasteiger partial charge in [-0.05, 0) is 70.2 Å². The summed E-state index contributed by atoms with van der Waals surface area (Å²) in [7, 11) is 0. The Morgan fingerprint density at radius 2 is 1.85 bits per heavy atom. The number of hydrogen-bond donors (Lipinski definition) is 1. The van der Waals surface area contributed by atoms with Crippen molar-refractivity contribution >= 4 is 35.2 Å². The van der Waals surface area contributed by atoms with Crippen LogP contribution in [-0.4, -0.2) is 87.6 Å². The van der Waals surface area contributed by atoms with Gasteiger partial charge in [0.15, 0.2) is 0 Å². The molecule has 9 heteroatoms. The van der Waals surface area contributed by atoms with Crippen molar-refractivity contribution in [1.29, 1.82) is 0 Å². The van der Waals surface area contributed by atoms with E-state index in [0.29, 0.717) is 39.1 Å². The molecule has 0 aromatic heterocycles. The monoisotopic (exact) mass is 583 g/mol. The van der Waals surface area contributed by atoms with Crippen LogP contribution in [0.5, 0.6) is 5.75 Å². The zero-order chi connectivity index (χ0) is 29.9.